The summed E-state index contributed by atoms with van der Waals surface area (Å²) in [7, 11) is 3.14. The minimum Gasteiger partial charge on any atom is -0.497 e. The third kappa shape index (κ3) is 4.39. The van der Waals surface area contributed by atoms with Crippen LogP contribution in [0.1, 0.15) is 17.3 Å². The monoisotopic (exact) mass is 372 g/mol. The molecule has 0 spiro atoms. The molecule has 0 saturated carbocycles. The number of piperazine rings is 1. The minimum atomic E-state index is -0.0374. The summed E-state index contributed by atoms with van der Waals surface area (Å²) in [4.78, 5) is 16.8. The Morgan fingerprint density at radius 1 is 1.00 bits per heavy atom. The first-order valence-electron chi connectivity index (χ1n) is 8.88. The summed E-state index contributed by atoms with van der Waals surface area (Å²) in [6.07, 6.45) is 0. The molecule has 0 radical (unpaired) electrons. The van der Waals surface area contributed by atoms with E-state index in [2.05, 4.69) is 15.1 Å². The topological polar surface area (TPSA) is 77.0 Å². The quantitative estimate of drug-likeness (QED) is 0.766. The Morgan fingerprint density at radius 3 is 2.19 bits per heavy atom. The average Bonchev–Trinajstić information content (AvgIpc) is 2.73. The van der Waals surface area contributed by atoms with E-state index in [1.165, 1.54) is 0 Å². The van der Waals surface area contributed by atoms with Crippen molar-refractivity contribution in [2.24, 2.45) is 0 Å². The summed E-state index contributed by atoms with van der Waals surface area (Å²) in [5.41, 5.74) is 0.556. The smallest absolute Gasteiger partial charge is 0.254 e. The number of hydrogen-bond acceptors (Lipinski definition) is 7. The summed E-state index contributed by atoms with van der Waals surface area (Å²) in [5, 5.41) is 8.27. The van der Waals surface area contributed by atoms with Crippen LogP contribution in [0.5, 0.6) is 17.4 Å². The van der Waals surface area contributed by atoms with E-state index in [1.54, 1.807) is 32.4 Å². The van der Waals surface area contributed by atoms with Crippen LogP contribution in [0.2, 0.25) is 0 Å². The van der Waals surface area contributed by atoms with Crippen molar-refractivity contribution in [2.75, 3.05) is 51.9 Å². The molecule has 0 atom stereocenters. The van der Waals surface area contributed by atoms with Crippen LogP contribution in [-0.4, -0.2) is 68.0 Å². The summed E-state index contributed by atoms with van der Waals surface area (Å²) < 4.78 is 15.8. The number of methoxy groups -OCH3 is 2. The van der Waals surface area contributed by atoms with Crippen LogP contribution < -0.4 is 19.1 Å². The number of carbonyl (C=O) groups excluding carboxylic acids is 1. The van der Waals surface area contributed by atoms with E-state index in [4.69, 9.17) is 14.2 Å². The molecule has 2 aromatic rings. The zero-order valence-electron chi connectivity index (χ0n) is 15.8. The second kappa shape index (κ2) is 8.57. The Labute approximate surface area is 158 Å². The molecular weight excluding hydrogens is 348 g/mol. The highest BCUT2D eigenvalue weighted by Crippen LogP contribution is 2.24. The van der Waals surface area contributed by atoms with Gasteiger partial charge < -0.3 is 24.0 Å². The molecule has 1 fully saturated rings. The first kappa shape index (κ1) is 18.8. The van der Waals surface area contributed by atoms with Crippen LogP contribution in [0, 0.1) is 0 Å². The summed E-state index contributed by atoms with van der Waals surface area (Å²) in [6.45, 7) is 5.05. The number of aromatic nitrogens is 2. The molecular formula is C19H24N4O4. The lowest BCUT2D eigenvalue weighted by molar-refractivity contribution is 0.0745. The zero-order valence-corrected chi connectivity index (χ0v) is 15.8. The first-order valence-corrected chi connectivity index (χ1v) is 8.88. The summed E-state index contributed by atoms with van der Waals surface area (Å²) in [5.74, 6) is 2.46. The van der Waals surface area contributed by atoms with E-state index >= 15 is 0 Å². The van der Waals surface area contributed by atoms with Crippen LogP contribution >= 0.6 is 0 Å². The molecule has 1 aromatic carbocycles. The van der Waals surface area contributed by atoms with Gasteiger partial charge in [-0.1, -0.05) is 0 Å². The maximum Gasteiger partial charge on any atom is 0.254 e. The molecule has 1 saturated heterocycles. The van der Waals surface area contributed by atoms with Crippen molar-refractivity contribution in [1.29, 1.82) is 0 Å². The molecule has 1 amide bonds. The van der Waals surface area contributed by atoms with Gasteiger partial charge in [-0.15, -0.1) is 10.2 Å². The zero-order chi connectivity index (χ0) is 19.2. The number of amides is 1. The highest BCUT2D eigenvalue weighted by atomic mass is 16.5. The first-order chi connectivity index (χ1) is 13.1. The Bertz CT molecular complexity index is 752. The molecule has 27 heavy (non-hydrogen) atoms. The molecule has 8 nitrogen and oxygen atoms in total. The van der Waals surface area contributed by atoms with Crippen molar-refractivity contribution in [1.82, 2.24) is 15.1 Å². The van der Waals surface area contributed by atoms with E-state index in [0.29, 0.717) is 55.7 Å². The molecule has 8 heteroatoms. The lowest BCUT2D eigenvalue weighted by Crippen LogP contribution is -2.49. The number of benzene rings is 1. The van der Waals surface area contributed by atoms with Gasteiger partial charge in [-0.2, -0.15) is 0 Å². The predicted octanol–water partition coefficient (Wildman–Crippen LogP) is 1.85. The average molecular weight is 372 g/mol. The van der Waals surface area contributed by atoms with Crippen molar-refractivity contribution < 1.29 is 19.0 Å². The van der Waals surface area contributed by atoms with Gasteiger partial charge in [0.05, 0.1) is 20.8 Å². The van der Waals surface area contributed by atoms with Crippen LogP contribution in [0.4, 0.5) is 5.82 Å². The number of nitrogens with zero attached hydrogens (tertiary/aromatic N) is 4. The van der Waals surface area contributed by atoms with Gasteiger partial charge in [-0.25, -0.2) is 0 Å². The highest BCUT2D eigenvalue weighted by molar-refractivity contribution is 5.95. The molecule has 144 valence electrons. The van der Waals surface area contributed by atoms with Gasteiger partial charge in [0.2, 0.25) is 5.88 Å². The van der Waals surface area contributed by atoms with Gasteiger partial charge >= 0.3 is 0 Å². The number of hydrogen-bond donors (Lipinski definition) is 0. The van der Waals surface area contributed by atoms with Crippen LogP contribution in [0.3, 0.4) is 0 Å². The molecule has 0 bridgehead atoms. The van der Waals surface area contributed by atoms with E-state index in [1.807, 2.05) is 24.0 Å². The maximum absolute atomic E-state index is 12.8. The highest BCUT2D eigenvalue weighted by Gasteiger charge is 2.24. The largest absolute Gasteiger partial charge is 0.497 e. The van der Waals surface area contributed by atoms with E-state index in [0.717, 1.165) is 5.82 Å². The fourth-order valence-electron chi connectivity index (χ4n) is 2.96. The van der Waals surface area contributed by atoms with E-state index < -0.39 is 0 Å². The normalized spacial score (nSPS) is 14.0. The second-order valence-corrected chi connectivity index (χ2v) is 6.04. The fraction of sp³-hybridized carbons (Fsp3) is 0.421. The Morgan fingerprint density at radius 2 is 1.67 bits per heavy atom. The lowest BCUT2D eigenvalue weighted by Gasteiger charge is -2.35. The molecule has 3 rings (SSSR count). The SMILES string of the molecule is CCOc1ccc(N2CCN(C(=O)c3cc(OC)cc(OC)c3)CC2)nn1. The maximum atomic E-state index is 12.8. The Kier molecular flexibility index (Phi) is 5.95. The van der Waals surface area contributed by atoms with Gasteiger partial charge in [0.15, 0.2) is 5.82 Å². The van der Waals surface area contributed by atoms with Crippen molar-refractivity contribution in [3.63, 3.8) is 0 Å². The number of anilines is 1. The third-order valence-corrected chi connectivity index (χ3v) is 4.41. The molecule has 0 N–H and O–H groups in total. The molecule has 1 aliphatic rings. The van der Waals surface area contributed by atoms with Crippen molar-refractivity contribution in [3.8, 4) is 17.4 Å². The second-order valence-electron chi connectivity index (χ2n) is 6.04. The van der Waals surface area contributed by atoms with Crippen molar-refractivity contribution in [3.05, 3.63) is 35.9 Å². The fourth-order valence-corrected chi connectivity index (χ4v) is 2.96. The number of rotatable bonds is 6. The molecule has 1 aromatic heterocycles. The predicted molar refractivity (Wildman–Crippen MR) is 101 cm³/mol. The molecule has 0 aliphatic carbocycles. The van der Waals surface area contributed by atoms with Crippen LogP contribution in [-0.2, 0) is 0 Å². The third-order valence-electron chi connectivity index (χ3n) is 4.41. The molecule has 0 unspecified atom stereocenters. The van der Waals surface area contributed by atoms with Gasteiger partial charge in [0.1, 0.15) is 11.5 Å². The van der Waals surface area contributed by atoms with Gasteiger partial charge in [0, 0.05) is 43.9 Å². The lowest BCUT2D eigenvalue weighted by atomic mass is 10.1. The summed E-state index contributed by atoms with van der Waals surface area (Å²) >= 11 is 0. The van der Waals surface area contributed by atoms with Gasteiger partial charge in [-0.05, 0) is 25.1 Å². The molecule has 1 aliphatic heterocycles. The number of carbonyl (C=O) groups is 1. The van der Waals surface area contributed by atoms with Gasteiger partial charge in [0.25, 0.3) is 5.91 Å². The van der Waals surface area contributed by atoms with E-state index in [9.17, 15) is 4.79 Å². The van der Waals surface area contributed by atoms with Crippen molar-refractivity contribution >= 4 is 11.7 Å². The van der Waals surface area contributed by atoms with E-state index in [-0.39, 0.29) is 5.91 Å². The van der Waals surface area contributed by atoms with Crippen molar-refractivity contribution in [2.45, 2.75) is 6.92 Å². The standard InChI is InChI=1S/C19H24N4O4/c1-4-27-18-6-5-17(20-21-18)22-7-9-23(10-8-22)19(24)14-11-15(25-2)13-16(12-14)26-3/h5-6,11-13H,4,7-10H2,1-3H3. The summed E-state index contributed by atoms with van der Waals surface area (Å²) in [6, 6.07) is 8.91. The minimum absolute atomic E-state index is 0.0374. The number of ether oxygens (including phenoxy) is 3. The van der Waals surface area contributed by atoms with Gasteiger partial charge in [-0.3, -0.25) is 4.79 Å². The van der Waals surface area contributed by atoms with Crippen LogP contribution in [0.15, 0.2) is 30.3 Å². The molecule has 2 heterocycles. The Balaban J connectivity index is 1.64. The Hall–Kier alpha value is -3.03. The van der Waals surface area contributed by atoms with Crippen LogP contribution in [0.25, 0.3) is 0 Å².